The maximum absolute atomic E-state index is 11.5. The summed E-state index contributed by atoms with van der Waals surface area (Å²) >= 11 is 1.52. The molecule has 2 rings (SSSR count). The minimum atomic E-state index is 0.210. The molecule has 0 spiro atoms. The van der Waals surface area contributed by atoms with Crippen LogP contribution in [0.3, 0.4) is 0 Å². The molecular formula is C11H11NO2S. The van der Waals surface area contributed by atoms with Crippen molar-refractivity contribution in [3.05, 3.63) is 40.7 Å². The van der Waals surface area contributed by atoms with E-state index in [2.05, 4.69) is 4.98 Å². The van der Waals surface area contributed by atoms with E-state index < -0.39 is 0 Å². The largest absolute Gasteiger partial charge is 0.469 e. The van der Waals surface area contributed by atoms with Gasteiger partial charge in [0.05, 0.1) is 17.7 Å². The predicted octanol–water partition coefficient (Wildman–Crippen LogP) is 2.48. The Bertz CT molecular complexity index is 406. The van der Waals surface area contributed by atoms with Crippen LogP contribution in [0.1, 0.15) is 17.2 Å². The van der Waals surface area contributed by atoms with Gasteiger partial charge in [0, 0.05) is 24.4 Å². The van der Waals surface area contributed by atoms with Gasteiger partial charge in [0.15, 0.2) is 0 Å². The van der Waals surface area contributed by atoms with E-state index in [0.717, 1.165) is 10.8 Å². The highest BCUT2D eigenvalue weighted by Gasteiger charge is 2.06. The van der Waals surface area contributed by atoms with Gasteiger partial charge in [0.2, 0.25) is 0 Å². The molecule has 0 aliphatic carbocycles. The lowest BCUT2D eigenvalue weighted by Gasteiger charge is -1.96. The van der Waals surface area contributed by atoms with Gasteiger partial charge in [-0.25, -0.2) is 4.98 Å². The average molecular weight is 221 g/mol. The second-order valence-electron chi connectivity index (χ2n) is 3.22. The third-order valence-corrected chi connectivity index (χ3v) is 2.84. The summed E-state index contributed by atoms with van der Waals surface area (Å²) in [6.45, 7) is 0. The number of rotatable bonds is 5. The van der Waals surface area contributed by atoms with E-state index in [9.17, 15) is 4.79 Å². The molecule has 0 aromatic carbocycles. The summed E-state index contributed by atoms with van der Waals surface area (Å²) in [6, 6.07) is 3.72. The molecule has 2 aromatic rings. The highest BCUT2D eigenvalue weighted by atomic mass is 32.1. The van der Waals surface area contributed by atoms with E-state index in [-0.39, 0.29) is 5.78 Å². The number of carbonyl (C=O) groups is 1. The van der Waals surface area contributed by atoms with Crippen molar-refractivity contribution >= 4 is 17.1 Å². The number of furan rings is 1. The Morgan fingerprint density at radius 1 is 1.53 bits per heavy atom. The van der Waals surface area contributed by atoms with Crippen molar-refractivity contribution in [3.63, 3.8) is 0 Å². The Morgan fingerprint density at radius 3 is 3.13 bits per heavy atom. The SMILES string of the molecule is O=C(CCc1ccco1)Cc1nccs1. The number of aryl methyl sites for hydroxylation is 1. The highest BCUT2D eigenvalue weighted by Crippen LogP contribution is 2.09. The lowest BCUT2D eigenvalue weighted by Crippen LogP contribution is -2.03. The maximum Gasteiger partial charge on any atom is 0.140 e. The van der Waals surface area contributed by atoms with Crippen molar-refractivity contribution in [1.82, 2.24) is 4.98 Å². The Balaban J connectivity index is 1.78. The van der Waals surface area contributed by atoms with Crippen molar-refractivity contribution < 1.29 is 9.21 Å². The van der Waals surface area contributed by atoms with Crippen molar-refractivity contribution in [1.29, 1.82) is 0 Å². The molecule has 15 heavy (non-hydrogen) atoms. The van der Waals surface area contributed by atoms with E-state index in [1.807, 2.05) is 17.5 Å². The summed E-state index contributed by atoms with van der Waals surface area (Å²) in [7, 11) is 0. The summed E-state index contributed by atoms with van der Waals surface area (Å²) in [4.78, 5) is 15.6. The lowest BCUT2D eigenvalue weighted by molar-refractivity contribution is -0.118. The molecular weight excluding hydrogens is 210 g/mol. The summed E-state index contributed by atoms with van der Waals surface area (Å²) in [5, 5.41) is 2.77. The fourth-order valence-corrected chi connectivity index (χ4v) is 1.96. The van der Waals surface area contributed by atoms with Crippen LogP contribution in [0.2, 0.25) is 0 Å². The zero-order valence-corrected chi connectivity index (χ0v) is 9.00. The summed E-state index contributed by atoms with van der Waals surface area (Å²) in [5.41, 5.74) is 0. The van der Waals surface area contributed by atoms with Gasteiger partial charge in [0.25, 0.3) is 0 Å². The van der Waals surface area contributed by atoms with E-state index in [1.165, 1.54) is 11.3 Å². The number of thiazole rings is 1. The Kier molecular flexibility index (Phi) is 3.29. The molecule has 0 bridgehead atoms. The number of carbonyl (C=O) groups excluding carboxylic acids is 1. The van der Waals surface area contributed by atoms with Crippen molar-refractivity contribution in [2.24, 2.45) is 0 Å². The normalized spacial score (nSPS) is 10.4. The first-order chi connectivity index (χ1) is 7.34. The van der Waals surface area contributed by atoms with Crippen LogP contribution in [-0.2, 0) is 17.6 Å². The van der Waals surface area contributed by atoms with Gasteiger partial charge in [0.1, 0.15) is 11.5 Å². The number of Topliss-reactive ketones (excluding diaryl/α,β-unsaturated/α-hetero) is 1. The Hall–Kier alpha value is -1.42. The molecule has 3 nitrogen and oxygen atoms in total. The molecule has 0 saturated carbocycles. The van der Waals surface area contributed by atoms with Crippen LogP contribution in [-0.4, -0.2) is 10.8 Å². The van der Waals surface area contributed by atoms with Crippen molar-refractivity contribution in [2.75, 3.05) is 0 Å². The quantitative estimate of drug-likeness (QED) is 0.779. The summed E-state index contributed by atoms with van der Waals surface area (Å²) in [5.74, 6) is 1.07. The van der Waals surface area contributed by atoms with E-state index in [4.69, 9.17) is 4.42 Å². The number of hydrogen-bond acceptors (Lipinski definition) is 4. The molecule has 0 N–H and O–H groups in total. The molecule has 0 atom stereocenters. The van der Waals surface area contributed by atoms with Crippen molar-refractivity contribution in [3.8, 4) is 0 Å². The standard InChI is InChI=1S/C11H11NO2S/c13-9(8-11-12-5-7-15-11)3-4-10-2-1-6-14-10/h1-2,5-7H,3-4,8H2. The van der Waals surface area contributed by atoms with Crippen LogP contribution in [0, 0.1) is 0 Å². The molecule has 0 aliphatic rings. The second-order valence-corrected chi connectivity index (χ2v) is 4.20. The topological polar surface area (TPSA) is 43.1 Å². The van der Waals surface area contributed by atoms with Crippen LogP contribution in [0.15, 0.2) is 34.4 Å². The van der Waals surface area contributed by atoms with Crippen LogP contribution in [0.5, 0.6) is 0 Å². The molecule has 0 saturated heterocycles. The molecule has 78 valence electrons. The zero-order chi connectivity index (χ0) is 10.5. The van der Waals surface area contributed by atoms with Gasteiger partial charge >= 0.3 is 0 Å². The van der Waals surface area contributed by atoms with Gasteiger partial charge < -0.3 is 4.42 Å². The van der Waals surface area contributed by atoms with Gasteiger partial charge in [-0.15, -0.1) is 11.3 Å². The minimum Gasteiger partial charge on any atom is -0.469 e. The van der Waals surface area contributed by atoms with E-state index >= 15 is 0 Å². The van der Waals surface area contributed by atoms with Crippen LogP contribution >= 0.6 is 11.3 Å². The fourth-order valence-electron chi connectivity index (χ4n) is 1.31. The first-order valence-electron chi connectivity index (χ1n) is 4.77. The third kappa shape index (κ3) is 3.02. The number of ketones is 1. The van der Waals surface area contributed by atoms with Crippen LogP contribution in [0.4, 0.5) is 0 Å². The van der Waals surface area contributed by atoms with Gasteiger partial charge in [-0.2, -0.15) is 0 Å². The van der Waals surface area contributed by atoms with Gasteiger partial charge in [-0.3, -0.25) is 4.79 Å². The maximum atomic E-state index is 11.5. The smallest absolute Gasteiger partial charge is 0.140 e. The summed E-state index contributed by atoms with van der Waals surface area (Å²) < 4.78 is 5.15. The molecule has 0 fully saturated rings. The minimum absolute atomic E-state index is 0.210. The molecule has 4 heteroatoms. The Labute approximate surface area is 91.8 Å². The van der Waals surface area contributed by atoms with Gasteiger partial charge in [-0.05, 0) is 12.1 Å². The van der Waals surface area contributed by atoms with E-state index in [1.54, 1.807) is 12.5 Å². The summed E-state index contributed by atoms with van der Waals surface area (Å²) in [6.07, 6.45) is 4.99. The van der Waals surface area contributed by atoms with Crippen LogP contribution < -0.4 is 0 Å². The molecule has 2 heterocycles. The first kappa shape index (κ1) is 10.1. The second kappa shape index (κ2) is 4.89. The van der Waals surface area contributed by atoms with Crippen LogP contribution in [0.25, 0.3) is 0 Å². The molecule has 0 amide bonds. The Morgan fingerprint density at radius 2 is 2.47 bits per heavy atom. The first-order valence-corrected chi connectivity index (χ1v) is 5.65. The van der Waals surface area contributed by atoms with E-state index in [0.29, 0.717) is 19.3 Å². The van der Waals surface area contributed by atoms with Gasteiger partial charge in [-0.1, -0.05) is 0 Å². The predicted molar refractivity (Wildman–Crippen MR) is 57.9 cm³/mol. The fraction of sp³-hybridized carbons (Fsp3) is 0.273. The lowest BCUT2D eigenvalue weighted by atomic mass is 10.1. The third-order valence-electron chi connectivity index (χ3n) is 2.06. The molecule has 2 aromatic heterocycles. The molecule has 0 radical (unpaired) electrons. The molecule has 0 unspecified atom stereocenters. The highest BCUT2D eigenvalue weighted by molar-refractivity contribution is 7.09. The number of aromatic nitrogens is 1. The average Bonchev–Trinajstić information content (AvgIpc) is 2.86. The zero-order valence-electron chi connectivity index (χ0n) is 8.18. The molecule has 0 aliphatic heterocycles. The van der Waals surface area contributed by atoms with Crippen molar-refractivity contribution in [2.45, 2.75) is 19.3 Å². The monoisotopic (exact) mass is 221 g/mol. The number of nitrogens with zero attached hydrogens (tertiary/aromatic N) is 1. The number of hydrogen-bond donors (Lipinski definition) is 0.